The van der Waals surface area contributed by atoms with Crippen molar-refractivity contribution in [2.45, 2.75) is 37.3 Å². The van der Waals surface area contributed by atoms with E-state index in [-0.39, 0.29) is 0 Å². The Kier molecular flexibility index (Phi) is 4.12. The Morgan fingerprint density at radius 3 is 2.74 bits per heavy atom. The van der Waals surface area contributed by atoms with Gasteiger partial charge in [0.25, 0.3) is 0 Å². The normalized spacial score (nSPS) is 29.0. The van der Waals surface area contributed by atoms with Crippen LogP contribution in [0, 0.1) is 0 Å². The Hall–Kier alpha value is -2.15. The van der Waals surface area contributed by atoms with E-state index in [1.807, 2.05) is 35.3 Å². The van der Waals surface area contributed by atoms with Crippen LogP contribution in [-0.2, 0) is 0 Å². The SMILES string of the molecule is CN1c2cc3c(cc2SC2C=C4NC5C=CC=CC5SC4=CC21)Nc1ccccc1S3. The predicted octanol–water partition coefficient (Wildman–Crippen LogP) is 6.15. The lowest BCUT2D eigenvalue weighted by Gasteiger charge is -2.44. The first kappa shape index (κ1) is 18.4. The summed E-state index contributed by atoms with van der Waals surface area (Å²) < 4.78 is 0. The maximum absolute atomic E-state index is 3.78. The van der Waals surface area contributed by atoms with Gasteiger partial charge in [-0.3, -0.25) is 0 Å². The smallest absolute Gasteiger partial charge is 0.0643 e. The highest BCUT2D eigenvalue weighted by Crippen LogP contribution is 2.52. The summed E-state index contributed by atoms with van der Waals surface area (Å²) >= 11 is 5.85. The molecule has 2 N–H and O–H groups in total. The first-order valence-corrected chi connectivity index (χ1v) is 13.1. The number of likely N-dealkylation sites (N-methyl/N-ethyl adjacent to an activating group) is 1. The lowest BCUT2D eigenvalue weighted by molar-refractivity contribution is 0.659. The summed E-state index contributed by atoms with van der Waals surface area (Å²) in [6, 6.07) is 14.0. The molecule has 3 heterocycles. The maximum atomic E-state index is 3.78. The third-order valence-electron chi connectivity index (χ3n) is 6.45. The van der Waals surface area contributed by atoms with Gasteiger partial charge in [-0.2, -0.15) is 0 Å². The fourth-order valence-electron chi connectivity index (χ4n) is 4.83. The molecule has 0 aromatic heterocycles. The van der Waals surface area contributed by atoms with Crippen molar-refractivity contribution in [2.24, 2.45) is 0 Å². The minimum Gasteiger partial charge on any atom is -0.377 e. The molecule has 2 aromatic carbocycles. The lowest BCUT2D eigenvalue weighted by atomic mass is 10.0. The Morgan fingerprint density at radius 1 is 0.871 bits per heavy atom. The Morgan fingerprint density at radius 2 is 1.77 bits per heavy atom. The number of nitrogens with zero attached hydrogens (tertiary/aromatic N) is 1. The zero-order valence-corrected chi connectivity index (χ0v) is 19.4. The maximum Gasteiger partial charge on any atom is 0.0643 e. The van der Waals surface area contributed by atoms with Crippen molar-refractivity contribution in [3.63, 3.8) is 0 Å². The number of nitrogens with one attached hydrogen (secondary N) is 2. The molecule has 154 valence electrons. The third-order valence-corrected chi connectivity index (χ3v) is 10.2. The van der Waals surface area contributed by atoms with Crippen LogP contribution in [0.15, 0.2) is 98.1 Å². The van der Waals surface area contributed by atoms with Gasteiger partial charge < -0.3 is 15.5 Å². The molecule has 4 unspecified atom stereocenters. The molecule has 0 radical (unpaired) electrons. The Bertz CT molecular complexity index is 1230. The van der Waals surface area contributed by atoms with E-state index < -0.39 is 0 Å². The number of para-hydroxylation sites is 1. The van der Waals surface area contributed by atoms with Gasteiger partial charge in [-0.1, -0.05) is 48.2 Å². The molecule has 0 saturated carbocycles. The van der Waals surface area contributed by atoms with Gasteiger partial charge in [0, 0.05) is 32.3 Å². The molecule has 31 heavy (non-hydrogen) atoms. The highest BCUT2D eigenvalue weighted by molar-refractivity contribution is 8.04. The van der Waals surface area contributed by atoms with Gasteiger partial charge in [0.15, 0.2) is 0 Å². The van der Waals surface area contributed by atoms with Gasteiger partial charge in [-0.15, -0.1) is 23.5 Å². The number of fused-ring (bicyclic) bond motifs is 6. The summed E-state index contributed by atoms with van der Waals surface area (Å²) in [7, 11) is 2.25. The van der Waals surface area contributed by atoms with Crippen LogP contribution in [0.25, 0.3) is 0 Å². The summed E-state index contributed by atoms with van der Waals surface area (Å²) in [6.07, 6.45) is 13.9. The van der Waals surface area contributed by atoms with E-state index in [0.717, 1.165) is 0 Å². The molecule has 1 fully saturated rings. The molecule has 0 amide bonds. The summed E-state index contributed by atoms with van der Waals surface area (Å²) in [4.78, 5) is 7.81. The van der Waals surface area contributed by atoms with E-state index in [2.05, 4.69) is 95.4 Å². The molecule has 2 aromatic rings. The molecule has 2 aliphatic carbocycles. The Labute approximate surface area is 195 Å². The van der Waals surface area contributed by atoms with Gasteiger partial charge in [0.1, 0.15) is 0 Å². The zero-order chi connectivity index (χ0) is 20.5. The molecular weight excluding hydrogens is 438 g/mol. The average molecular weight is 460 g/mol. The molecule has 0 bridgehead atoms. The van der Waals surface area contributed by atoms with Crippen molar-refractivity contribution in [3.8, 4) is 0 Å². The van der Waals surface area contributed by atoms with E-state index >= 15 is 0 Å². The Balaban J connectivity index is 1.25. The van der Waals surface area contributed by atoms with Crippen molar-refractivity contribution in [2.75, 3.05) is 17.3 Å². The molecule has 1 saturated heterocycles. The second-order valence-electron chi connectivity index (χ2n) is 8.36. The van der Waals surface area contributed by atoms with Crippen molar-refractivity contribution >= 4 is 52.3 Å². The predicted molar refractivity (Wildman–Crippen MR) is 135 cm³/mol. The van der Waals surface area contributed by atoms with E-state index in [1.54, 1.807) is 0 Å². The first-order valence-electron chi connectivity index (χ1n) is 10.6. The first-order chi connectivity index (χ1) is 15.2. The number of benzene rings is 2. The highest BCUT2D eigenvalue weighted by atomic mass is 32.2. The van der Waals surface area contributed by atoms with Crippen LogP contribution in [0.1, 0.15) is 0 Å². The van der Waals surface area contributed by atoms with Crippen molar-refractivity contribution in [1.82, 2.24) is 5.32 Å². The summed E-state index contributed by atoms with van der Waals surface area (Å²) in [5.41, 5.74) is 5.05. The molecule has 6 heteroatoms. The lowest BCUT2D eigenvalue weighted by Crippen LogP contribution is -2.47. The average Bonchev–Trinajstić information content (AvgIpc) is 2.79. The molecule has 3 aliphatic heterocycles. The summed E-state index contributed by atoms with van der Waals surface area (Å²) in [6.45, 7) is 0. The van der Waals surface area contributed by atoms with E-state index in [0.29, 0.717) is 22.6 Å². The zero-order valence-electron chi connectivity index (χ0n) is 16.9. The van der Waals surface area contributed by atoms with E-state index in [1.165, 1.54) is 42.4 Å². The van der Waals surface area contributed by atoms with Crippen LogP contribution in [0.5, 0.6) is 0 Å². The standard InChI is InChI=1S/C25H21N3S3/c1-28-18-12-22-16(26-14-6-2-4-8-20(14)29-22)10-24(18)31-25-11-17-23(13-19(25)28)30-21-9-5-3-7-15(21)27-17/h2-14,18,20,24,26-27H,1H3. The van der Waals surface area contributed by atoms with Crippen molar-refractivity contribution < 1.29 is 0 Å². The van der Waals surface area contributed by atoms with Gasteiger partial charge in [-0.25, -0.2) is 0 Å². The van der Waals surface area contributed by atoms with Gasteiger partial charge >= 0.3 is 0 Å². The second kappa shape index (κ2) is 6.92. The van der Waals surface area contributed by atoms with E-state index in [9.17, 15) is 0 Å². The van der Waals surface area contributed by atoms with Crippen LogP contribution >= 0.6 is 35.3 Å². The van der Waals surface area contributed by atoms with Gasteiger partial charge in [0.05, 0.1) is 39.6 Å². The monoisotopic (exact) mass is 459 g/mol. The van der Waals surface area contributed by atoms with Crippen molar-refractivity contribution in [1.29, 1.82) is 0 Å². The van der Waals surface area contributed by atoms with Crippen molar-refractivity contribution in [3.05, 3.63) is 83.5 Å². The van der Waals surface area contributed by atoms with Gasteiger partial charge in [0.2, 0.25) is 0 Å². The number of thioether (sulfide) groups is 2. The van der Waals surface area contributed by atoms with Crippen LogP contribution in [0.3, 0.4) is 0 Å². The third kappa shape index (κ3) is 2.92. The van der Waals surface area contributed by atoms with E-state index in [4.69, 9.17) is 0 Å². The van der Waals surface area contributed by atoms with Gasteiger partial charge in [-0.05, 0) is 36.4 Å². The second-order valence-corrected chi connectivity index (χ2v) is 11.9. The molecule has 3 nitrogen and oxygen atoms in total. The number of rotatable bonds is 0. The molecule has 0 spiro atoms. The van der Waals surface area contributed by atoms with Crippen LogP contribution in [0.4, 0.5) is 17.1 Å². The number of anilines is 3. The molecule has 7 rings (SSSR count). The van der Waals surface area contributed by atoms with Crippen LogP contribution < -0.4 is 15.5 Å². The molecule has 5 aliphatic rings. The quantitative estimate of drug-likeness (QED) is 0.418. The topological polar surface area (TPSA) is 27.3 Å². The minimum absolute atomic E-state index is 0.372. The van der Waals surface area contributed by atoms with Crippen LogP contribution in [0.2, 0.25) is 0 Å². The fraction of sp³-hybridized carbons (Fsp3) is 0.200. The molecule has 4 atom stereocenters. The highest BCUT2D eigenvalue weighted by Gasteiger charge is 2.38. The number of hydrogen-bond acceptors (Lipinski definition) is 6. The number of hydrogen-bond donors (Lipinski definition) is 2. The fourth-order valence-corrected chi connectivity index (χ4v) is 8.48. The minimum atomic E-state index is 0.372. The number of allylic oxidation sites excluding steroid dienone is 2. The van der Waals surface area contributed by atoms with Crippen LogP contribution in [-0.4, -0.2) is 29.6 Å². The molecular formula is C25H21N3S3. The summed E-state index contributed by atoms with van der Waals surface area (Å²) in [5, 5.41) is 8.31. The largest absolute Gasteiger partial charge is 0.377 e. The summed E-state index contributed by atoms with van der Waals surface area (Å²) in [5.74, 6) is 0.